The van der Waals surface area contributed by atoms with Gasteiger partial charge in [0.15, 0.2) is 0 Å². The number of likely N-dealkylation sites (N-methyl/N-ethyl adjacent to an activating group) is 2. The van der Waals surface area contributed by atoms with Gasteiger partial charge in [0, 0.05) is 12.6 Å². The van der Waals surface area contributed by atoms with Gasteiger partial charge < -0.3 is 10.2 Å². The first-order valence-corrected chi connectivity index (χ1v) is 6.74. The highest BCUT2D eigenvalue weighted by Crippen LogP contribution is 2.22. The minimum Gasteiger partial charge on any atom is -0.315 e. The average molecular weight is 248 g/mol. The van der Waals surface area contributed by atoms with Crippen molar-refractivity contribution in [2.75, 3.05) is 27.7 Å². The molecule has 0 fully saturated rings. The molecule has 0 heterocycles. The molecule has 1 rings (SSSR count). The number of hydrogen-bond donors (Lipinski definition) is 1. The van der Waals surface area contributed by atoms with Crippen molar-refractivity contribution in [3.8, 4) is 0 Å². The van der Waals surface area contributed by atoms with Gasteiger partial charge in [-0.15, -0.1) is 0 Å². The zero-order chi connectivity index (χ0) is 13.8. The summed E-state index contributed by atoms with van der Waals surface area (Å²) in [6, 6.07) is 9.57. The number of hydrogen-bond acceptors (Lipinski definition) is 2. The molecule has 0 aliphatic rings. The quantitative estimate of drug-likeness (QED) is 0.862. The first-order chi connectivity index (χ1) is 8.32. The first kappa shape index (κ1) is 15.2. The van der Waals surface area contributed by atoms with Gasteiger partial charge in [-0.1, -0.05) is 45.0 Å². The summed E-state index contributed by atoms with van der Waals surface area (Å²) >= 11 is 0. The maximum Gasteiger partial charge on any atom is 0.0232 e. The van der Waals surface area contributed by atoms with Gasteiger partial charge in [0.25, 0.3) is 0 Å². The third kappa shape index (κ3) is 4.79. The van der Waals surface area contributed by atoms with E-state index in [1.165, 1.54) is 11.1 Å². The van der Waals surface area contributed by atoms with Gasteiger partial charge in [-0.05, 0) is 44.1 Å². The Labute approximate surface area is 112 Å². The molecule has 0 aliphatic carbocycles. The van der Waals surface area contributed by atoms with Crippen LogP contribution in [0.1, 0.15) is 31.9 Å². The van der Waals surface area contributed by atoms with Crippen LogP contribution in [0.2, 0.25) is 0 Å². The second-order valence-electron chi connectivity index (χ2n) is 6.40. The summed E-state index contributed by atoms with van der Waals surface area (Å²) in [5.41, 5.74) is 3.05. The van der Waals surface area contributed by atoms with Gasteiger partial charge in [-0.25, -0.2) is 0 Å². The molecule has 102 valence electrons. The standard InChI is InChI=1S/C16H28N2/c1-16(2,3)14-9-7-13(8-10-14)11-15(17-4)12-18(5)6/h7-10,15,17H,11-12H2,1-6H3. The summed E-state index contributed by atoms with van der Waals surface area (Å²) < 4.78 is 0. The van der Waals surface area contributed by atoms with Crippen LogP contribution in [0.15, 0.2) is 24.3 Å². The summed E-state index contributed by atoms with van der Waals surface area (Å²) in [4.78, 5) is 2.23. The third-order valence-electron chi connectivity index (χ3n) is 3.30. The van der Waals surface area contributed by atoms with Gasteiger partial charge in [-0.3, -0.25) is 0 Å². The Morgan fingerprint density at radius 1 is 1.11 bits per heavy atom. The van der Waals surface area contributed by atoms with Crippen LogP contribution in [0, 0.1) is 0 Å². The van der Waals surface area contributed by atoms with E-state index >= 15 is 0 Å². The molecule has 0 saturated carbocycles. The minimum absolute atomic E-state index is 0.241. The van der Waals surface area contributed by atoms with Crippen LogP contribution in [0.4, 0.5) is 0 Å². The number of nitrogens with zero attached hydrogens (tertiary/aromatic N) is 1. The summed E-state index contributed by atoms with van der Waals surface area (Å²) in [5, 5.41) is 3.39. The van der Waals surface area contributed by atoms with Crippen molar-refractivity contribution in [2.45, 2.75) is 38.6 Å². The van der Waals surface area contributed by atoms with E-state index in [-0.39, 0.29) is 5.41 Å². The van der Waals surface area contributed by atoms with Gasteiger partial charge in [0.2, 0.25) is 0 Å². The Morgan fingerprint density at radius 3 is 2.06 bits per heavy atom. The fourth-order valence-corrected chi connectivity index (χ4v) is 2.12. The van der Waals surface area contributed by atoms with Crippen LogP contribution in [-0.4, -0.2) is 38.6 Å². The lowest BCUT2D eigenvalue weighted by atomic mass is 9.86. The molecule has 2 heteroatoms. The number of nitrogens with one attached hydrogen (secondary N) is 1. The summed E-state index contributed by atoms with van der Waals surface area (Å²) in [6.45, 7) is 7.83. The molecule has 1 atom stereocenters. The van der Waals surface area contributed by atoms with Crippen molar-refractivity contribution < 1.29 is 0 Å². The van der Waals surface area contributed by atoms with E-state index in [1.54, 1.807) is 0 Å². The predicted molar refractivity (Wildman–Crippen MR) is 80.2 cm³/mol. The molecule has 0 aliphatic heterocycles. The molecule has 1 N–H and O–H groups in total. The van der Waals surface area contributed by atoms with Gasteiger partial charge in [0.1, 0.15) is 0 Å². The van der Waals surface area contributed by atoms with Crippen LogP contribution in [0.25, 0.3) is 0 Å². The molecule has 1 aromatic rings. The van der Waals surface area contributed by atoms with Crippen LogP contribution in [0.3, 0.4) is 0 Å². The van der Waals surface area contributed by atoms with Crippen LogP contribution in [-0.2, 0) is 11.8 Å². The summed E-state index contributed by atoms with van der Waals surface area (Å²) in [5.74, 6) is 0. The van der Waals surface area contributed by atoms with Crippen LogP contribution in [0.5, 0.6) is 0 Å². The molecular weight excluding hydrogens is 220 g/mol. The molecule has 1 unspecified atom stereocenters. The Kier molecular flexibility index (Phi) is 5.36. The molecule has 0 saturated heterocycles. The minimum atomic E-state index is 0.241. The smallest absolute Gasteiger partial charge is 0.0232 e. The Balaban J connectivity index is 2.68. The highest BCUT2D eigenvalue weighted by molar-refractivity contribution is 5.28. The van der Waals surface area contributed by atoms with E-state index in [4.69, 9.17) is 0 Å². The van der Waals surface area contributed by atoms with E-state index in [0.717, 1.165) is 13.0 Å². The molecule has 18 heavy (non-hydrogen) atoms. The Hall–Kier alpha value is -0.860. The third-order valence-corrected chi connectivity index (χ3v) is 3.30. The van der Waals surface area contributed by atoms with E-state index in [9.17, 15) is 0 Å². The van der Waals surface area contributed by atoms with Gasteiger partial charge >= 0.3 is 0 Å². The van der Waals surface area contributed by atoms with Crippen molar-refractivity contribution >= 4 is 0 Å². The Bertz CT molecular complexity index is 346. The molecular formula is C16H28N2. The van der Waals surface area contributed by atoms with Crippen molar-refractivity contribution in [2.24, 2.45) is 0 Å². The van der Waals surface area contributed by atoms with Crippen LogP contribution < -0.4 is 5.32 Å². The van der Waals surface area contributed by atoms with E-state index in [1.807, 2.05) is 7.05 Å². The van der Waals surface area contributed by atoms with Crippen molar-refractivity contribution in [3.63, 3.8) is 0 Å². The zero-order valence-corrected chi connectivity index (χ0v) is 12.7. The SMILES string of the molecule is CNC(Cc1ccc(C(C)(C)C)cc1)CN(C)C. The van der Waals surface area contributed by atoms with Gasteiger partial charge in [-0.2, -0.15) is 0 Å². The van der Waals surface area contributed by atoms with E-state index in [2.05, 4.69) is 69.3 Å². The maximum absolute atomic E-state index is 3.39. The van der Waals surface area contributed by atoms with Crippen molar-refractivity contribution in [3.05, 3.63) is 35.4 Å². The largest absolute Gasteiger partial charge is 0.315 e. The normalized spacial score (nSPS) is 13.9. The lowest BCUT2D eigenvalue weighted by molar-refractivity contribution is 0.346. The fourth-order valence-electron chi connectivity index (χ4n) is 2.12. The molecule has 1 aromatic carbocycles. The molecule has 0 aromatic heterocycles. The van der Waals surface area contributed by atoms with E-state index in [0.29, 0.717) is 6.04 Å². The second kappa shape index (κ2) is 6.35. The number of rotatable bonds is 5. The number of benzene rings is 1. The van der Waals surface area contributed by atoms with Crippen molar-refractivity contribution in [1.82, 2.24) is 10.2 Å². The molecule has 0 amide bonds. The zero-order valence-electron chi connectivity index (χ0n) is 12.7. The first-order valence-electron chi connectivity index (χ1n) is 6.74. The highest BCUT2D eigenvalue weighted by Gasteiger charge is 2.14. The maximum atomic E-state index is 3.39. The summed E-state index contributed by atoms with van der Waals surface area (Å²) in [6.07, 6.45) is 1.08. The lowest BCUT2D eigenvalue weighted by Crippen LogP contribution is -2.37. The molecule has 0 spiro atoms. The van der Waals surface area contributed by atoms with Crippen LogP contribution >= 0.6 is 0 Å². The lowest BCUT2D eigenvalue weighted by Gasteiger charge is -2.22. The average Bonchev–Trinajstić information content (AvgIpc) is 2.27. The highest BCUT2D eigenvalue weighted by atomic mass is 15.1. The fraction of sp³-hybridized carbons (Fsp3) is 0.625. The molecule has 0 radical (unpaired) electrons. The van der Waals surface area contributed by atoms with E-state index < -0.39 is 0 Å². The van der Waals surface area contributed by atoms with Gasteiger partial charge in [0.05, 0.1) is 0 Å². The Morgan fingerprint density at radius 2 is 1.67 bits per heavy atom. The monoisotopic (exact) mass is 248 g/mol. The topological polar surface area (TPSA) is 15.3 Å². The molecule has 0 bridgehead atoms. The van der Waals surface area contributed by atoms with Crippen molar-refractivity contribution in [1.29, 1.82) is 0 Å². The molecule has 2 nitrogen and oxygen atoms in total. The predicted octanol–water partition coefficient (Wildman–Crippen LogP) is 2.68. The summed E-state index contributed by atoms with van der Waals surface area (Å²) in [7, 11) is 6.28. The second-order valence-corrected chi connectivity index (χ2v) is 6.40.